The maximum absolute atomic E-state index is 12.6. The molecule has 2 aromatic rings. The van der Waals surface area contributed by atoms with Crippen LogP contribution in [0, 0.1) is 6.92 Å². The fourth-order valence-electron chi connectivity index (χ4n) is 2.08. The summed E-state index contributed by atoms with van der Waals surface area (Å²) >= 11 is 0. The molecule has 0 saturated carbocycles. The summed E-state index contributed by atoms with van der Waals surface area (Å²) < 4.78 is 43.3. The van der Waals surface area contributed by atoms with Gasteiger partial charge < -0.3 is 14.2 Å². The van der Waals surface area contributed by atoms with E-state index in [-0.39, 0.29) is 10.6 Å². The van der Waals surface area contributed by atoms with Crippen LogP contribution in [0.1, 0.15) is 5.56 Å². The van der Waals surface area contributed by atoms with Crippen molar-refractivity contribution in [1.82, 2.24) is 0 Å². The van der Waals surface area contributed by atoms with Crippen molar-refractivity contribution in [2.75, 3.05) is 26.1 Å². The number of methoxy groups -OCH3 is 3. The van der Waals surface area contributed by atoms with Gasteiger partial charge in [0, 0.05) is 12.1 Å². The van der Waals surface area contributed by atoms with Gasteiger partial charge >= 0.3 is 0 Å². The second kappa shape index (κ2) is 6.78. The molecule has 0 aliphatic heterocycles. The zero-order chi connectivity index (χ0) is 17.0. The SMILES string of the molecule is COc1cc(OC)c(NS(=O)(=O)c2cccc(C)c2)c(OC)c1. The van der Waals surface area contributed by atoms with Gasteiger partial charge in [-0.05, 0) is 24.6 Å². The Morgan fingerprint density at radius 2 is 1.52 bits per heavy atom. The summed E-state index contributed by atoms with van der Waals surface area (Å²) in [5.74, 6) is 1.10. The van der Waals surface area contributed by atoms with Crippen LogP contribution in [0.25, 0.3) is 0 Å². The van der Waals surface area contributed by atoms with Gasteiger partial charge in [0.1, 0.15) is 22.9 Å². The van der Waals surface area contributed by atoms with Crippen molar-refractivity contribution in [3.8, 4) is 17.2 Å². The minimum Gasteiger partial charge on any atom is -0.496 e. The molecule has 7 heteroatoms. The third-order valence-corrected chi connectivity index (χ3v) is 4.60. The normalized spacial score (nSPS) is 11.0. The number of benzene rings is 2. The molecular weight excluding hydrogens is 318 g/mol. The number of sulfonamides is 1. The zero-order valence-electron chi connectivity index (χ0n) is 13.4. The second-order valence-electron chi connectivity index (χ2n) is 4.83. The third-order valence-electron chi connectivity index (χ3n) is 3.25. The van der Waals surface area contributed by atoms with E-state index < -0.39 is 10.0 Å². The van der Waals surface area contributed by atoms with Crippen LogP contribution in [0.4, 0.5) is 5.69 Å². The van der Waals surface area contributed by atoms with Gasteiger partial charge in [-0.3, -0.25) is 4.72 Å². The van der Waals surface area contributed by atoms with Crippen molar-refractivity contribution >= 4 is 15.7 Å². The molecule has 1 N–H and O–H groups in total. The molecule has 2 aromatic carbocycles. The first-order valence-corrected chi connectivity index (χ1v) is 8.29. The molecule has 0 heterocycles. The minimum atomic E-state index is -3.77. The second-order valence-corrected chi connectivity index (χ2v) is 6.51. The highest BCUT2D eigenvalue weighted by Crippen LogP contribution is 2.40. The largest absolute Gasteiger partial charge is 0.496 e. The van der Waals surface area contributed by atoms with Crippen molar-refractivity contribution < 1.29 is 22.6 Å². The van der Waals surface area contributed by atoms with Gasteiger partial charge in [0.15, 0.2) is 0 Å². The van der Waals surface area contributed by atoms with Crippen molar-refractivity contribution in [2.24, 2.45) is 0 Å². The molecule has 0 unspecified atom stereocenters. The Kier molecular flexibility index (Phi) is 5.00. The van der Waals surface area contributed by atoms with E-state index in [0.717, 1.165) is 5.56 Å². The molecule has 0 radical (unpaired) electrons. The van der Waals surface area contributed by atoms with E-state index in [1.807, 2.05) is 13.0 Å². The first-order valence-electron chi connectivity index (χ1n) is 6.80. The van der Waals surface area contributed by atoms with Gasteiger partial charge in [-0.1, -0.05) is 12.1 Å². The summed E-state index contributed by atoms with van der Waals surface area (Å²) in [6.07, 6.45) is 0. The molecule has 0 spiro atoms. The van der Waals surface area contributed by atoms with Crippen LogP contribution >= 0.6 is 0 Å². The average molecular weight is 337 g/mol. The third kappa shape index (κ3) is 3.68. The molecule has 2 rings (SSSR count). The molecule has 23 heavy (non-hydrogen) atoms. The Labute approximate surface area is 136 Å². The standard InChI is InChI=1S/C16H19NO5S/c1-11-6-5-7-13(8-11)23(18,19)17-16-14(21-3)9-12(20-2)10-15(16)22-4/h5-10,17H,1-4H3. The molecule has 0 atom stereocenters. The molecule has 6 nitrogen and oxygen atoms in total. The van der Waals surface area contributed by atoms with E-state index in [1.54, 1.807) is 24.3 Å². The first kappa shape index (κ1) is 17.0. The van der Waals surface area contributed by atoms with Gasteiger partial charge in [-0.25, -0.2) is 8.42 Å². The van der Waals surface area contributed by atoms with E-state index in [9.17, 15) is 8.42 Å². The summed E-state index contributed by atoms with van der Waals surface area (Å²) in [4.78, 5) is 0.164. The molecule has 0 fully saturated rings. The van der Waals surface area contributed by atoms with Gasteiger partial charge in [0.25, 0.3) is 10.0 Å². The van der Waals surface area contributed by atoms with E-state index in [1.165, 1.54) is 27.4 Å². The van der Waals surface area contributed by atoms with Gasteiger partial charge in [0.05, 0.1) is 26.2 Å². The van der Waals surface area contributed by atoms with Crippen molar-refractivity contribution in [3.05, 3.63) is 42.0 Å². The number of ether oxygens (including phenoxy) is 3. The van der Waals surface area contributed by atoms with E-state index in [2.05, 4.69) is 4.72 Å². The Balaban J connectivity index is 2.50. The predicted molar refractivity (Wildman–Crippen MR) is 88.1 cm³/mol. The lowest BCUT2D eigenvalue weighted by Gasteiger charge is -2.16. The highest BCUT2D eigenvalue weighted by Gasteiger charge is 2.21. The Morgan fingerprint density at radius 1 is 0.913 bits per heavy atom. The summed E-state index contributed by atoms with van der Waals surface area (Å²) in [6.45, 7) is 1.83. The summed E-state index contributed by atoms with van der Waals surface area (Å²) in [5, 5.41) is 0. The van der Waals surface area contributed by atoms with Crippen molar-refractivity contribution in [1.29, 1.82) is 0 Å². The van der Waals surface area contributed by atoms with Crippen LogP contribution in [-0.2, 0) is 10.0 Å². The fourth-order valence-corrected chi connectivity index (χ4v) is 3.27. The molecule has 124 valence electrons. The summed E-state index contributed by atoms with van der Waals surface area (Å²) in [7, 11) is 0.620. The average Bonchev–Trinajstić information content (AvgIpc) is 2.54. The Morgan fingerprint density at radius 3 is 2.00 bits per heavy atom. The monoisotopic (exact) mass is 337 g/mol. The number of rotatable bonds is 6. The maximum Gasteiger partial charge on any atom is 0.262 e. The molecule has 0 aliphatic carbocycles. The molecule has 0 amide bonds. The quantitative estimate of drug-likeness (QED) is 0.877. The van der Waals surface area contributed by atoms with Crippen LogP contribution in [0.15, 0.2) is 41.3 Å². The molecule has 0 aliphatic rings. The highest BCUT2D eigenvalue weighted by atomic mass is 32.2. The van der Waals surface area contributed by atoms with Crippen LogP contribution in [0.2, 0.25) is 0 Å². The van der Waals surface area contributed by atoms with Crippen molar-refractivity contribution in [2.45, 2.75) is 11.8 Å². The number of hydrogen-bond donors (Lipinski definition) is 1. The van der Waals surface area contributed by atoms with Crippen LogP contribution in [0.3, 0.4) is 0 Å². The van der Waals surface area contributed by atoms with E-state index in [0.29, 0.717) is 17.2 Å². The van der Waals surface area contributed by atoms with Crippen LogP contribution in [0.5, 0.6) is 17.2 Å². The highest BCUT2D eigenvalue weighted by molar-refractivity contribution is 7.92. The predicted octanol–water partition coefficient (Wildman–Crippen LogP) is 2.82. The fraction of sp³-hybridized carbons (Fsp3) is 0.250. The smallest absolute Gasteiger partial charge is 0.262 e. The maximum atomic E-state index is 12.6. The van der Waals surface area contributed by atoms with Gasteiger partial charge in [-0.2, -0.15) is 0 Å². The summed E-state index contributed by atoms with van der Waals surface area (Å²) in [6, 6.07) is 9.79. The lowest BCUT2D eigenvalue weighted by molar-refractivity contribution is 0.378. The number of hydrogen-bond acceptors (Lipinski definition) is 5. The number of nitrogens with one attached hydrogen (secondary N) is 1. The van der Waals surface area contributed by atoms with E-state index >= 15 is 0 Å². The Hall–Kier alpha value is -2.41. The van der Waals surface area contributed by atoms with Crippen molar-refractivity contribution in [3.63, 3.8) is 0 Å². The molecule has 0 bridgehead atoms. The number of anilines is 1. The molecule has 0 saturated heterocycles. The van der Waals surface area contributed by atoms with Gasteiger partial charge in [-0.15, -0.1) is 0 Å². The van der Waals surface area contributed by atoms with Gasteiger partial charge in [0.2, 0.25) is 0 Å². The lowest BCUT2D eigenvalue weighted by Crippen LogP contribution is -2.14. The minimum absolute atomic E-state index is 0.164. The zero-order valence-corrected chi connectivity index (χ0v) is 14.2. The molecule has 0 aromatic heterocycles. The van der Waals surface area contributed by atoms with E-state index in [4.69, 9.17) is 14.2 Å². The summed E-state index contributed by atoms with van der Waals surface area (Å²) in [5.41, 5.74) is 1.07. The molecular formula is C16H19NO5S. The topological polar surface area (TPSA) is 73.9 Å². The lowest BCUT2D eigenvalue weighted by atomic mass is 10.2. The number of aryl methyl sites for hydroxylation is 1. The van der Waals surface area contributed by atoms with Crippen LogP contribution in [-0.4, -0.2) is 29.7 Å². The Bertz CT molecular complexity index is 777. The van der Waals surface area contributed by atoms with Crippen LogP contribution < -0.4 is 18.9 Å². The first-order chi connectivity index (χ1) is 10.9.